The van der Waals surface area contributed by atoms with Crippen molar-refractivity contribution >= 4 is 0 Å². The lowest BCUT2D eigenvalue weighted by Gasteiger charge is -2.33. The average Bonchev–Trinajstić information content (AvgIpc) is 2.35. The minimum atomic E-state index is 0.227. The smallest absolute Gasteiger partial charge is 0.0162 e. The maximum absolute atomic E-state index is 6.23. The van der Waals surface area contributed by atoms with Crippen molar-refractivity contribution in [3.63, 3.8) is 0 Å². The SMILES string of the molecule is CC(N)CC(N)C1CCC(CNC(C)CN)CC1. The van der Waals surface area contributed by atoms with Gasteiger partial charge in [0.1, 0.15) is 0 Å². The topological polar surface area (TPSA) is 90.1 Å². The van der Waals surface area contributed by atoms with E-state index in [9.17, 15) is 0 Å². The maximum atomic E-state index is 6.23. The van der Waals surface area contributed by atoms with Crippen LogP contribution in [0.5, 0.6) is 0 Å². The Bertz CT molecular complexity index is 212. The second-order valence-electron chi connectivity index (χ2n) is 6.20. The van der Waals surface area contributed by atoms with Crippen LogP contribution in [-0.4, -0.2) is 31.2 Å². The van der Waals surface area contributed by atoms with Gasteiger partial charge in [-0.2, -0.15) is 0 Å². The van der Waals surface area contributed by atoms with Gasteiger partial charge in [0.15, 0.2) is 0 Å². The molecule has 108 valence electrons. The summed E-state index contributed by atoms with van der Waals surface area (Å²) in [5.74, 6) is 1.48. The Morgan fingerprint density at radius 3 is 2.22 bits per heavy atom. The molecule has 3 unspecified atom stereocenters. The monoisotopic (exact) mass is 256 g/mol. The van der Waals surface area contributed by atoms with Gasteiger partial charge in [-0.15, -0.1) is 0 Å². The first kappa shape index (κ1) is 15.9. The van der Waals surface area contributed by atoms with Crippen molar-refractivity contribution in [3.8, 4) is 0 Å². The molecule has 0 radical (unpaired) electrons. The molecule has 0 spiro atoms. The second kappa shape index (κ2) is 8.10. The zero-order chi connectivity index (χ0) is 13.5. The van der Waals surface area contributed by atoms with Crippen LogP contribution in [0.15, 0.2) is 0 Å². The van der Waals surface area contributed by atoms with Gasteiger partial charge in [0, 0.05) is 24.7 Å². The molecule has 1 fully saturated rings. The molecule has 0 aliphatic heterocycles. The van der Waals surface area contributed by atoms with Gasteiger partial charge in [0.25, 0.3) is 0 Å². The zero-order valence-electron chi connectivity index (χ0n) is 12.1. The van der Waals surface area contributed by atoms with Gasteiger partial charge in [-0.3, -0.25) is 0 Å². The van der Waals surface area contributed by atoms with Crippen LogP contribution in [0, 0.1) is 11.8 Å². The van der Waals surface area contributed by atoms with E-state index in [0.29, 0.717) is 24.5 Å². The standard InChI is InChI=1S/C14H32N4/c1-10(16)7-14(17)13-5-3-12(4-6-13)9-18-11(2)8-15/h10-14,18H,3-9,15-17H2,1-2H3. The van der Waals surface area contributed by atoms with Crippen molar-refractivity contribution in [1.29, 1.82) is 0 Å². The van der Waals surface area contributed by atoms with Crippen molar-refractivity contribution in [3.05, 3.63) is 0 Å². The van der Waals surface area contributed by atoms with Crippen LogP contribution in [-0.2, 0) is 0 Å². The Kier molecular flexibility index (Phi) is 7.15. The van der Waals surface area contributed by atoms with Gasteiger partial charge in [-0.1, -0.05) is 0 Å². The minimum absolute atomic E-state index is 0.227. The molecule has 1 aliphatic rings. The van der Waals surface area contributed by atoms with E-state index in [1.807, 2.05) is 6.92 Å². The molecule has 3 atom stereocenters. The van der Waals surface area contributed by atoms with Gasteiger partial charge < -0.3 is 22.5 Å². The molecule has 4 heteroatoms. The second-order valence-corrected chi connectivity index (χ2v) is 6.20. The van der Waals surface area contributed by atoms with E-state index in [1.165, 1.54) is 25.7 Å². The molecule has 1 rings (SSSR count). The van der Waals surface area contributed by atoms with Crippen LogP contribution in [0.25, 0.3) is 0 Å². The summed E-state index contributed by atoms with van der Waals surface area (Å²) in [7, 11) is 0. The molecule has 0 amide bonds. The van der Waals surface area contributed by atoms with Gasteiger partial charge in [-0.25, -0.2) is 0 Å². The molecule has 7 N–H and O–H groups in total. The summed E-state index contributed by atoms with van der Waals surface area (Å²) in [4.78, 5) is 0. The lowest BCUT2D eigenvalue weighted by molar-refractivity contribution is 0.226. The molecule has 18 heavy (non-hydrogen) atoms. The van der Waals surface area contributed by atoms with Crippen LogP contribution >= 0.6 is 0 Å². The fourth-order valence-electron chi connectivity index (χ4n) is 2.89. The van der Waals surface area contributed by atoms with E-state index in [2.05, 4.69) is 12.2 Å². The highest BCUT2D eigenvalue weighted by Crippen LogP contribution is 2.31. The first-order valence-corrected chi connectivity index (χ1v) is 7.47. The number of nitrogens with one attached hydrogen (secondary N) is 1. The Morgan fingerprint density at radius 2 is 1.72 bits per heavy atom. The predicted molar refractivity (Wildman–Crippen MR) is 78.2 cm³/mol. The Morgan fingerprint density at radius 1 is 1.11 bits per heavy atom. The van der Waals surface area contributed by atoms with Crippen molar-refractivity contribution in [2.24, 2.45) is 29.0 Å². The highest BCUT2D eigenvalue weighted by molar-refractivity contribution is 4.82. The number of nitrogens with two attached hydrogens (primary N) is 3. The summed E-state index contributed by atoms with van der Waals surface area (Å²) < 4.78 is 0. The molecule has 0 saturated heterocycles. The summed E-state index contributed by atoms with van der Waals surface area (Å²) in [6.45, 7) is 6.01. The molecule has 0 bridgehead atoms. The van der Waals surface area contributed by atoms with Crippen molar-refractivity contribution in [2.75, 3.05) is 13.1 Å². The van der Waals surface area contributed by atoms with Gasteiger partial charge in [0.05, 0.1) is 0 Å². The first-order chi connectivity index (χ1) is 8.52. The number of hydrogen-bond donors (Lipinski definition) is 4. The number of rotatable bonds is 7. The van der Waals surface area contributed by atoms with E-state index in [4.69, 9.17) is 17.2 Å². The largest absolute Gasteiger partial charge is 0.329 e. The number of hydrogen-bond acceptors (Lipinski definition) is 4. The van der Waals surface area contributed by atoms with E-state index in [1.54, 1.807) is 0 Å². The zero-order valence-corrected chi connectivity index (χ0v) is 12.1. The van der Waals surface area contributed by atoms with Crippen molar-refractivity contribution in [1.82, 2.24) is 5.32 Å². The highest BCUT2D eigenvalue weighted by atomic mass is 14.9. The van der Waals surface area contributed by atoms with Crippen LogP contribution in [0.4, 0.5) is 0 Å². The molecule has 0 aromatic heterocycles. The molecule has 0 heterocycles. The predicted octanol–water partition coefficient (Wildman–Crippen LogP) is 0.794. The van der Waals surface area contributed by atoms with Gasteiger partial charge >= 0.3 is 0 Å². The van der Waals surface area contributed by atoms with Crippen LogP contribution in [0.3, 0.4) is 0 Å². The molecule has 1 aliphatic carbocycles. The normalized spacial score (nSPS) is 29.8. The minimum Gasteiger partial charge on any atom is -0.329 e. The summed E-state index contributed by atoms with van der Waals surface area (Å²) in [6.07, 6.45) is 6.06. The maximum Gasteiger partial charge on any atom is 0.0162 e. The average molecular weight is 256 g/mol. The quantitative estimate of drug-likeness (QED) is 0.542. The van der Waals surface area contributed by atoms with Gasteiger partial charge in [0.2, 0.25) is 0 Å². The van der Waals surface area contributed by atoms with E-state index in [0.717, 1.165) is 18.9 Å². The third-order valence-electron chi connectivity index (χ3n) is 4.25. The molecule has 4 nitrogen and oxygen atoms in total. The van der Waals surface area contributed by atoms with Crippen LogP contribution in [0.2, 0.25) is 0 Å². The van der Waals surface area contributed by atoms with Gasteiger partial charge in [-0.05, 0) is 64.3 Å². The Labute approximate surface area is 112 Å². The molecule has 0 aromatic carbocycles. The molecular weight excluding hydrogens is 224 g/mol. The summed E-state index contributed by atoms with van der Waals surface area (Å²) >= 11 is 0. The van der Waals surface area contributed by atoms with E-state index < -0.39 is 0 Å². The summed E-state index contributed by atoms with van der Waals surface area (Å²) in [6, 6.07) is 0.953. The lowest BCUT2D eigenvalue weighted by Crippen LogP contribution is -2.40. The fraction of sp³-hybridized carbons (Fsp3) is 1.00. The third-order valence-corrected chi connectivity index (χ3v) is 4.25. The van der Waals surface area contributed by atoms with Crippen LogP contribution < -0.4 is 22.5 Å². The molecule has 0 aromatic rings. The molecular formula is C14H32N4. The summed E-state index contributed by atoms with van der Waals surface area (Å²) in [5, 5.41) is 3.50. The Balaban J connectivity index is 2.20. The van der Waals surface area contributed by atoms with Crippen molar-refractivity contribution in [2.45, 2.75) is 64.1 Å². The van der Waals surface area contributed by atoms with Crippen LogP contribution in [0.1, 0.15) is 46.0 Å². The first-order valence-electron chi connectivity index (χ1n) is 7.47. The highest BCUT2D eigenvalue weighted by Gasteiger charge is 2.25. The lowest BCUT2D eigenvalue weighted by atomic mass is 9.77. The third kappa shape index (κ3) is 5.65. The Hall–Kier alpha value is -0.160. The fourth-order valence-corrected chi connectivity index (χ4v) is 2.89. The van der Waals surface area contributed by atoms with E-state index in [-0.39, 0.29) is 6.04 Å². The van der Waals surface area contributed by atoms with Crippen molar-refractivity contribution < 1.29 is 0 Å². The molecule has 1 saturated carbocycles. The van der Waals surface area contributed by atoms with E-state index >= 15 is 0 Å². The summed E-state index contributed by atoms with van der Waals surface area (Å²) in [5.41, 5.74) is 17.7.